The number of Topliss-reactive ketones (excluding diaryl/α,β-unsaturated/α-hetero) is 1. The fraction of sp³-hybridized carbons (Fsp3) is 0.200. The van der Waals surface area contributed by atoms with Crippen LogP contribution in [0.4, 0.5) is 0 Å². The van der Waals surface area contributed by atoms with E-state index in [2.05, 4.69) is 20.9 Å². The number of nitrogens with zero attached hydrogens (tertiary/aromatic N) is 1. The van der Waals surface area contributed by atoms with Gasteiger partial charge in [0, 0.05) is 10.7 Å². The molecular formula is C15H14BrNO3. The van der Waals surface area contributed by atoms with E-state index in [4.69, 9.17) is 9.47 Å². The van der Waals surface area contributed by atoms with Crippen molar-refractivity contribution in [1.29, 1.82) is 0 Å². The summed E-state index contributed by atoms with van der Waals surface area (Å²) < 4.78 is 11.7. The van der Waals surface area contributed by atoms with Crippen LogP contribution in [-0.2, 0) is 0 Å². The van der Waals surface area contributed by atoms with Gasteiger partial charge in [0.1, 0.15) is 11.5 Å². The highest BCUT2D eigenvalue weighted by Gasteiger charge is 2.12. The molecule has 104 valence electrons. The first kappa shape index (κ1) is 14.5. The van der Waals surface area contributed by atoms with Gasteiger partial charge in [0.2, 0.25) is 5.78 Å². The maximum atomic E-state index is 12.2. The number of para-hydroxylation sites is 1. The van der Waals surface area contributed by atoms with Crippen LogP contribution in [0.1, 0.15) is 17.3 Å². The molecule has 0 saturated carbocycles. The Morgan fingerprint density at radius 2 is 2.05 bits per heavy atom. The quantitative estimate of drug-likeness (QED) is 0.758. The first-order valence-electron chi connectivity index (χ1n) is 6.19. The van der Waals surface area contributed by atoms with Crippen molar-refractivity contribution in [2.45, 2.75) is 6.92 Å². The van der Waals surface area contributed by atoms with Crippen LogP contribution in [0.2, 0.25) is 0 Å². The first-order valence-corrected chi connectivity index (χ1v) is 6.98. The lowest BCUT2D eigenvalue weighted by atomic mass is 10.1. The molecule has 4 nitrogen and oxygen atoms in total. The third kappa shape index (κ3) is 3.81. The van der Waals surface area contributed by atoms with Crippen molar-refractivity contribution in [1.82, 2.24) is 4.98 Å². The molecule has 2 rings (SSSR count). The van der Waals surface area contributed by atoms with Crippen molar-refractivity contribution in [2.24, 2.45) is 0 Å². The van der Waals surface area contributed by atoms with Crippen molar-refractivity contribution in [3.05, 3.63) is 52.8 Å². The Balaban J connectivity index is 2.05. The number of pyridine rings is 1. The average Bonchev–Trinajstić information content (AvgIpc) is 2.46. The second kappa shape index (κ2) is 7.05. The van der Waals surface area contributed by atoms with Gasteiger partial charge in [-0.15, -0.1) is 0 Å². The Morgan fingerprint density at radius 3 is 2.80 bits per heavy atom. The average molecular weight is 336 g/mol. The van der Waals surface area contributed by atoms with Crippen LogP contribution >= 0.6 is 15.9 Å². The van der Waals surface area contributed by atoms with E-state index in [1.165, 1.54) is 0 Å². The number of halogens is 1. The van der Waals surface area contributed by atoms with E-state index in [0.29, 0.717) is 23.7 Å². The minimum absolute atomic E-state index is 0.0534. The van der Waals surface area contributed by atoms with Gasteiger partial charge < -0.3 is 9.47 Å². The van der Waals surface area contributed by atoms with Gasteiger partial charge in [0.25, 0.3) is 0 Å². The SMILES string of the molecule is CCOc1ccccc1C(=O)COc1cncc(Br)c1. The molecule has 0 amide bonds. The van der Waals surface area contributed by atoms with Crippen LogP contribution in [-0.4, -0.2) is 24.0 Å². The number of carbonyl (C=O) groups is 1. The van der Waals surface area contributed by atoms with Gasteiger partial charge in [-0.3, -0.25) is 9.78 Å². The second-order valence-electron chi connectivity index (χ2n) is 3.98. The van der Waals surface area contributed by atoms with E-state index >= 15 is 0 Å². The molecule has 0 unspecified atom stereocenters. The van der Waals surface area contributed by atoms with E-state index in [-0.39, 0.29) is 12.4 Å². The third-order valence-corrected chi connectivity index (χ3v) is 2.97. The summed E-state index contributed by atoms with van der Waals surface area (Å²) in [5.41, 5.74) is 0.525. The lowest BCUT2D eigenvalue weighted by Crippen LogP contribution is -2.13. The fourth-order valence-electron chi connectivity index (χ4n) is 1.68. The third-order valence-electron chi connectivity index (χ3n) is 2.54. The number of carbonyl (C=O) groups excluding carboxylic acids is 1. The molecule has 0 atom stereocenters. The van der Waals surface area contributed by atoms with Gasteiger partial charge in [-0.2, -0.15) is 0 Å². The smallest absolute Gasteiger partial charge is 0.203 e. The number of hydrogen-bond donors (Lipinski definition) is 0. The number of aromatic nitrogens is 1. The van der Waals surface area contributed by atoms with Crippen LogP contribution in [0.3, 0.4) is 0 Å². The molecule has 0 N–H and O–H groups in total. The van der Waals surface area contributed by atoms with Crippen LogP contribution in [0.25, 0.3) is 0 Å². The van der Waals surface area contributed by atoms with Crippen molar-refractivity contribution >= 4 is 21.7 Å². The zero-order valence-electron chi connectivity index (χ0n) is 11.0. The van der Waals surface area contributed by atoms with E-state index in [1.807, 2.05) is 13.0 Å². The van der Waals surface area contributed by atoms with Gasteiger partial charge in [-0.25, -0.2) is 0 Å². The van der Waals surface area contributed by atoms with E-state index in [9.17, 15) is 4.79 Å². The van der Waals surface area contributed by atoms with Gasteiger partial charge in [-0.1, -0.05) is 12.1 Å². The number of benzene rings is 1. The molecule has 0 bridgehead atoms. The highest BCUT2D eigenvalue weighted by atomic mass is 79.9. The Labute approximate surface area is 125 Å². The van der Waals surface area contributed by atoms with Crippen molar-refractivity contribution in [2.75, 3.05) is 13.2 Å². The normalized spacial score (nSPS) is 10.1. The molecule has 1 aromatic carbocycles. The lowest BCUT2D eigenvalue weighted by molar-refractivity contribution is 0.0917. The summed E-state index contributed by atoms with van der Waals surface area (Å²) in [6.45, 7) is 2.34. The summed E-state index contributed by atoms with van der Waals surface area (Å²) >= 11 is 3.30. The van der Waals surface area contributed by atoms with Crippen molar-refractivity contribution in [3.8, 4) is 11.5 Å². The molecule has 0 aliphatic rings. The van der Waals surface area contributed by atoms with Crippen LogP contribution in [0.5, 0.6) is 11.5 Å². The maximum absolute atomic E-state index is 12.2. The molecule has 0 radical (unpaired) electrons. The molecule has 1 heterocycles. The number of ether oxygens (including phenoxy) is 2. The van der Waals surface area contributed by atoms with Crippen LogP contribution < -0.4 is 9.47 Å². The molecule has 20 heavy (non-hydrogen) atoms. The highest BCUT2D eigenvalue weighted by molar-refractivity contribution is 9.10. The predicted octanol–water partition coefficient (Wildman–Crippen LogP) is 3.50. The molecule has 1 aromatic heterocycles. The zero-order chi connectivity index (χ0) is 14.4. The molecule has 0 aliphatic carbocycles. The number of hydrogen-bond acceptors (Lipinski definition) is 4. The summed E-state index contributed by atoms with van der Waals surface area (Å²) in [7, 11) is 0. The molecule has 0 spiro atoms. The van der Waals surface area contributed by atoms with Gasteiger partial charge in [-0.05, 0) is 41.1 Å². The Morgan fingerprint density at radius 1 is 1.25 bits per heavy atom. The Bertz CT molecular complexity index is 601. The van der Waals surface area contributed by atoms with Crippen molar-refractivity contribution < 1.29 is 14.3 Å². The predicted molar refractivity (Wildman–Crippen MR) is 79.4 cm³/mol. The molecule has 0 saturated heterocycles. The molecular weight excluding hydrogens is 322 g/mol. The summed E-state index contributed by atoms with van der Waals surface area (Å²) in [4.78, 5) is 16.1. The van der Waals surface area contributed by atoms with E-state index in [0.717, 1.165) is 4.47 Å². The molecule has 2 aromatic rings. The fourth-order valence-corrected chi connectivity index (χ4v) is 2.02. The molecule has 0 aliphatic heterocycles. The molecule has 0 fully saturated rings. The topological polar surface area (TPSA) is 48.4 Å². The minimum atomic E-state index is -0.131. The monoisotopic (exact) mass is 335 g/mol. The van der Waals surface area contributed by atoms with E-state index in [1.54, 1.807) is 36.7 Å². The van der Waals surface area contributed by atoms with Crippen LogP contribution in [0.15, 0.2) is 47.2 Å². The lowest BCUT2D eigenvalue weighted by Gasteiger charge is -2.10. The summed E-state index contributed by atoms with van der Waals surface area (Å²) in [5.74, 6) is 0.992. The second-order valence-corrected chi connectivity index (χ2v) is 4.90. The number of rotatable bonds is 6. The highest BCUT2D eigenvalue weighted by Crippen LogP contribution is 2.20. The van der Waals surface area contributed by atoms with Gasteiger partial charge >= 0.3 is 0 Å². The summed E-state index contributed by atoms with van der Waals surface area (Å²) in [6.07, 6.45) is 3.21. The van der Waals surface area contributed by atoms with Crippen LogP contribution in [0, 0.1) is 0 Å². The zero-order valence-corrected chi connectivity index (χ0v) is 12.6. The van der Waals surface area contributed by atoms with Gasteiger partial charge in [0.15, 0.2) is 6.61 Å². The van der Waals surface area contributed by atoms with E-state index < -0.39 is 0 Å². The Kier molecular flexibility index (Phi) is 5.12. The minimum Gasteiger partial charge on any atom is -0.493 e. The van der Waals surface area contributed by atoms with Crippen molar-refractivity contribution in [3.63, 3.8) is 0 Å². The number of ketones is 1. The van der Waals surface area contributed by atoms with Gasteiger partial charge in [0.05, 0.1) is 18.4 Å². The summed E-state index contributed by atoms with van der Waals surface area (Å²) in [5, 5.41) is 0. The Hall–Kier alpha value is -1.88. The summed E-state index contributed by atoms with van der Waals surface area (Å²) in [6, 6.07) is 8.90. The first-order chi connectivity index (χ1) is 9.70. The largest absolute Gasteiger partial charge is 0.493 e. The molecule has 5 heteroatoms. The standard InChI is InChI=1S/C15H14BrNO3/c1-2-19-15-6-4-3-5-13(15)14(18)10-20-12-7-11(16)8-17-9-12/h3-9H,2,10H2,1H3. The maximum Gasteiger partial charge on any atom is 0.203 e.